The van der Waals surface area contributed by atoms with Crippen LogP contribution in [0.1, 0.15) is 31.9 Å². The van der Waals surface area contributed by atoms with E-state index >= 15 is 0 Å². The Hall–Kier alpha value is -1.66. The third-order valence-electron chi connectivity index (χ3n) is 4.66. The molecule has 0 N–H and O–H groups in total. The van der Waals surface area contributed by atoms with Gasteiger partial charge in [0.05, 0.1) is 16.0 Å². The maximum Gasteiger partial charge on any atom is 0.150 e. The normalized spacial score (nSPS) is 19.8. The van der Waals surface area contributed by atoms with Crippen LogP contribution in [-0.2, 0) is 16.8 Å². The fraction of sp³-hybridized carbons (Fsp3) is 0.500. The zero-order valence-electron chi connectivity index (χ0n) is 14.6. The molecule has 6 heteroatoms. The van der Waals surface area contributed by atoms with Crippen molar-refractivity contribution in [1.29, 1.82) is 0 Å². The number of hydrogen-bond acceptors (Lipinski definition) is 3. The lowest BCUT2D eigenvalue weighted by Gasteiger charge is -2.44. The van der Waals surface area contributed by atoms with Gasteiger partial charge >= 0.3 is 0 Å². The minimum atomic E-state index is -2.48. The molecule has 0 radical (unpaired) electrons. The second-order valence-corrected chi connectivity index (χ2v) is 9.33. The Morgan fingerprint density at radius 3 is 2.62 bits per heavy atom. The quantitative estimate of drug-likeness (QED) is 0.756. The molecule has 2 unspecified atom stereocenters. The first kappa shape index (κ1) is 17.2. The van der Waals surface area contributed by atoms with Gasteiger partial charge in [-0.25, -0.2) is 13.5 Å². The van der Waals surface area contributed by atoms with Crippen molar-refractivity contribution in [3.05, 3.63) is 42.6 Å². The van der Waals surface area contributed by atoms with Gasteiger partial charge in [-0.1, -0.05) is 19.9 Å². The molecule has 3 rings (SSSR count). The number of pyridine rings is 1. The summed E-state index contributed by atoms with van der Waals surface area (Å²) in [5.74, 6) is 5.44. The van der Waals surface area contributed by atoms with Gasteiger partial charge in [0.2, 0.25) is 0 Å². The molecule has 0 saturated carbocycles. The van der Waals surface area contributed by atoms with Crippen LogP contribution in [0.25, 0.3) is 0 Å². The van der Waals surface area contributed by atoms with E-state index in [4.69, 9.17) is 0 Å². The molecule has 0 aliphatic carbocycles. The van der Waals surface area contributed by atoms with Crippen molar-refractivity contribution in [2.45, 2.75) is 31.2 Å². The summed E-state index contributed by atoms with van der Waals surface area (Å²) in [5.41, 5.74) is 1.14. The lowest BCUT2D eigenvalue weighted by molar-refractivity contribution is 0.162. The Balaban J connectivity index is 1.73. The van der Waals surface area contributed by atoms with Crippen molar-refractivity contribution in [1.82, 2.24) is 18.8 Å². The van der Waals surface area contributed by atoms with Crippen LogP contribution in [0, 0.1) is 11.8 Å². The molecule has 1 fully saturated rings. The van der Waals surface area contributed by atoms with E-state index in [-0.39, 0.29) is 0 Å². The van der Waals surface area contributed by atoms with E-state index in [2.05, 4.69) is 35.8 Å². The maximum atomic E-state index is 13.0. The van der Waals surface area contributed by atoms with Crippen molar-refractivity contribution in [2.75, 3.05) is 13.1 Å². The number of aryl methyl sites for hydroxylation is 1. The van der Waals surface area contributed by atoms with Gasteiger partial charge in [0.1, 0.15) is 0 Å². The molecular formula is C18H26N4OS. The van der Waals surface area contributed by atoms with E-state index in [1.807, 2.05) is 34.2 Å². The summed E-state index contributed by atoms with van der Waals surface area (Å²) in [4.78, 5) is 8.80. The first-order chi connectivity index (χ1) is 11.4. The number of rotatable bonds is 6. The molecule has 0 bridgehead atoms. The van der Waals surface area contributed by atoms with E-state index in [9.17, 15) is 4.21 Å². The van der Waals surface area contributed by atoms with Crippen LogP contribution in [0.2, 0.25) is 0 Å². The molecule has 0 amide bonds. The molecule has 3 heterocycles. The summed E-state index contributed by atoms with van der Waals surface area (Å²) in [6.45, 7) is 6.05. The fourth-order valence-corrected chi connectivity index (χ4v) is 4.98. The fourth-order valence-electron chi connectivity index (χ4n) is 3.31. The summed E-state index contributed by atoms with van der Waals surface area (Å²) in [6, 6.07) is 6.10. The van der Waals surface area contributed by atoms with Gasteiger partial charge in [-0.2, -0.15) is 0 Å². The number of imidazole rings is 1. The molecule has 1 aliphatic heterocycles. The second-order valence-electron chi connectivity index (χ2n) is 7.12. The molecule has 0 aromatic carbocycles. The van der Waals surface area contributed by atoms with E-state index < -0.39 is 9.71 Å². The summed E-state index contributed by atoms with van der Waals surface area (Å²) >= 11 is 0. The minimum absolute atomic E-state index is 0.404. The highest BCUT2D eigenvalue weighted by molar-refractivity contribution is 7.98. The van der Waals surface area contributed by atoms with Gasteiger partial charge in [-0.3, -0.25) is 4.98 Å². The van der Waals surface area contributed by atoms with Crippen molar-refractivity contribution < 1.29 is 4.21 Å². The van der Waals surface area contributed by atoms with Crippen molar-refractivity contribution >= 4 is 15.6 Å². The first-order valence-corrected chi connectivity index (χ1v) is 10.1. The van der Waals surface area contributed by atoms with Gasteiger partial charge in [-0.05, 0) is 36.3 Å². The molecule has 2 atom stereocenters. The van der Waals surface area contributed by atoms with Gasteiger partial charge in [0, 0.05) is 44.1 Å². The third-order valence-corrected chi connectivity index (χ3v) is 6.66. The van der Waals surface area contributed by atoms with Crippen molar-refractivity contribution in [3.63, 3.8) is 0 Å². The Labute approximate surface area is 144 Å². The van der Waals surface area contributed by atoms with Gasteiger partial charge in [0.15, 0.2) is 5.03 Å². The highest BCUT2D eigenvalue weighted by Crippen LogP contribution is 2.37. The van der Waals surface area contributed by atoms with Gasteiger partial charge in [-0.15, -0.1) is 0 Å². The zero-order valence-corrected chi connectivity index (χ0v) is 15.4. The average Bonchev–Trinajstić information content (AvgIpc) is 2.92. The van der Waals surface area contributed by atoms with E-state index in [1.165, 1.54) is 0 Å². The number of hydrogen-bond donors (Lipinski definition) is 0. The summed E-state index contributed by atoms with van der Waals surface area (Å²) < 4.78 is 16.8. The molecule has 130 valence electrons. The Morgan fingerprint density at radius 2 is 2.08 bits per heavy atom. The lowest BCUT2D eigenvalue weighted by atomic mass is 9.79. The Kier molecular flexibility index (Phi) is 4.78. The highest BCUT2D eigenvalue weighted by Gasteiger charge is 2.39. The van der Waals surface area contributed by atoms with Crippen LogP contribution in [0.5, 0.6) is 0 Å². The van der Waals surface area contributed by atoms with Gasteiger partial charge in [0.25, 0.3) is 0 Å². The van der Waals surface area contributed by atoms with Crippen molar-refractivity contribution in [3.8, 4) is 0 Å². The second kappa shape index (κ2) is 6.69. The standard InChI is InChI=1S/C18H26N4OS/c1-14(2)9-16(17-7-5-6-8-19-17)15-10-22(11-15)24(4,23)18-12-21(3)13-20-18/h5-8,12-16H,4,9-11H2,1-3H3. The van der Waals surface area contributed by atoms with Crippen LogP contribution in [-0.4, -0.2) is 42.0 Å². The van der Waals surface area contributed by atoms with Crippen LogP contribution < -0.4 is 0 Å². The molecule has 2 aromatic rings. The number of aromatic nitrogens is 3. The Bertz CT molecular complexity index is 776. The summed E-state index contributed by atoms with van der Waals surface area (Å²) in [6.07, 6.45) is 6.43. The SMILES string of the molecule is C=S(=O)(c1cn(C)cn1)N1CC(C(CC(C)C)c2ccccn2)C1. The monoisotopic (exact) mass is 346 g/mol. The van der Waals surface area contributed by atoms with E-state index in [0.29, 0.717) is 22.8 Å². The smallest absolute Gasteiger partial charge is 0.150 e. The molecule has 1 saturated heterocycles. The largest absolute Gasteiger partial charge is 0.339 e. The van der Waals surface area contributed by atoms with Crippen LogP contribution in [0.4, 0.5) is 0 Å². The average molecular weight is 347 g/mol. The summed E-state index contributed by atoms with van der Waals surface area (Å²) in [5, 5.41) is 0.571. The van der Waals surface area contributed by atoms with Gasteiger partial charge < -0.3 is 4.57 Å². The molecular weight excluding hydrogens is 320 g/mol. The molecule has 2 aromatic heterocycles. The molecule has 24 heavy (non-hydrogen) atoms. The third kappa shape index (κ3) is 3.39. The van der Waals surface area contributed by atoms with E-state index in [0.717, 1.165) is 25.2 Å². The maximum absolute atomic E-state index is 13.0. The van der Waals surface area contributed by atoms with Crippen LogP contribution >= 0.6 is 0 Å². The van der Waals surface area contributed by atoms with Crippen LogP contribution in [0.3, 0.4) is 0 Å². The Morgan fingerprint density at radius 1 is 1.33 bits per heavy atom. The van der Waals surface area contributed by atoms with E-state index in [1.54, 1.807) is 12.5 Å². The summed E-state index contributed by atoms with van der Waals surface area (Å²) in [7, 11) is -0.598. The lowest BCUT2D eigenvalue weighted by Crippen LogP contribution is -2.52. The van der Waals surface area contributed by atoms with Crippen molar-refractivity contribution in [2.24, 2.45) is 18.9 Å². The first-order valence-electron chi connectivity index (χ1n) is 8.39. The zero-order chi connectivity index (χ0) is 17.3. The predicted molar refractivity (Wildman–Crippen MR) is 98.2 cm³/mol. The topological polar surface area (TPSA) is 51.0 Å². The highest BCUT2D eigenvalue weighted by atomic mass is 32.2. The molecule has 5 nitrogen and oxygen atoms in total. The number of nitrogens with zero attached hydrogens (tertiary/aromatic N) is 4. The molecule has 1 aliphatic rings. The minimum Gasteiger partial charge on any atom is -0.339 e. The van der Waals surface area contributed by atoms with Crippen LogP contribution in [0.15, 0.2) is 41.9 Å². The molecule has 0 spiro atoms. The predicted octanol–water partition coefficient (Wildman–Crippen LogP) is 2.57.